The van der Waals surface area contributed by atoms with Gasteiger partial charge >= 0.3 is 0 Å². The Hall–Kier alpha value is -5.04. The molecular weight excluding hydrogens is 568 g/mol. The molecule has 0 unspecified atom stereocenters. The van der Waals surface area contributed by atoms with Crippen molar-refractivity contribution in [3.8, 4) is 11.5 Å². The topological polar surface area (TPSA) is 49.7 Å². The Morgan fingerprint density at radius 1 is 0.587 bits per heavy atom. The smallest absolute Gasteiger partial charge is 0.166 e. The number of rotatable bonds is 15. The van der Waals surface area contributed by atoms with Crippen molar-refractivity contribution in [2.24, 2.45) is 10.3 Å². The Bertz CT molecular complexity index is 1690. The van der Waals surface area contributed by atoms with Crippen molar-refractivity contribution in [2.75, 3.05) is 14.1 Å². The average Bonchev–Trinajstić information content (AvgIpc) is 3.08. The van der Waals surface area contributed by atoms with E-state index in [1.54, 1.807) is 6.21 Å². The summed E-state index contributed by atoms with van der Waals surface area (Å²) in [6.45, 7) is 5.01. The first kappa shape index (κ1) is 32.4. The first-order valence-electron chi connectivity index (χ1n) is 15.7. The van der Waals surface area contributed by atoms with Gasteiger partial charge in [-0.2, -0.15) is 0 Å². The predicted octanol–water partition coefficient (Wildman–Crippen LogP) is 8.56. The Morgan fingerprint density at radius 2 is 1.07 bits per heavy atom. The van der Waals surface area contributed by atoms with Crippen LogP contribution in [0.4, 0.5) is 0 Å². The zero-order chi connectivity index (χ0) is 32.0. The third-order valence-electron chi connectivity index (χ3n) is 7.56. The van der Waals surface area contributed by atoms with E-state index >= 15 is 0 Å². The van der Waals surface area contributed by atoms with Crippen molar-refractivity contribution >= 4 is 11.9 Å². The van der Waals surface area contributed by atoms with Crippen LogP contribution in [0, 0.1) is 0 Å². The van der Waals surface area contributed by atoms with E-state index in [-0.39, 0.29) is 0 Å². The van der Waals surface area contributed by atoms with Gasteiger partial charge < -0.3 is 9.68 Å². The summed E-state index contributed by atoms with van der Waals surface area (Å²) < 4.78 is 0. The maximum Gasteiger partial charge on any atom is 0.166 e. The number of hydrogen-bond acceptors (Lipinski definition) is 6. The molecule has 0 bridgehead atoms. The minimum absolute atomic E-state index is 0.629. The first-order valence-corrected chi connectivity index (χ1v) is 15.7. The van der Waals surface area contributed by atoms with Gasteiger partial charge in [-0.3, -0.25) is 9.80 Å². The number of nitrogens with zero attached hydrogens (tertiary/aromatic N) is 4. The molecule has 0 aromatic heterocycles. The zero-order valence-electron chi connectivity index (χ0n) is 26.9. The molecule has 6 heteroatoms. The van der Waals surface area contributed by atoms with Crippen LogP contribution in [0.5, 0.6) is 11.5 Å². The SMILES string of the molecule is CC/C(=N\Oc1cc(O/N=C/c2ccccc2)c(CN(C)Cc2ccccc2)cc1CN(C)Cc1ccccc1)c1ccccc1. The molecule has 234 valence electrons. The van der Waals surface area contributed by atoms with Gasteiger partial charge in [-0.05, 0) is 48.8 Å². The fourth-order valence-corrected chi connectivity index (χ4v) is 5.30. The summed E-state index contributed by atoms with van der Waals surface area (Å²) in [6.07, 6.45) is 2.46. The van der Waals surface area contributed by atoms with Gasteiger partial charge in [0.2, 0.25) is 0 Å². The fourth-order valence-electron chi connectivity index (χ4n) is 5.30. The van der Waals surface area contributed by atoms with E-state index in [2.05, 4.69) is 108 Å². The monoisotopic (exact) mass is 610 g/mol. The summed E-state index contributed by atoms with van der Waals surface area (Å²) in [4.78, 5) is 16.9. The van der Waals surface area contributed by atoms with Gasteiger partial charge in [0.1, 0.15) is 0 Å². The minimum atomic E-state index is 0.629. The highest BCUT2D eigenvalue weighted by atomic mass is 16.6. The third-order valence-corrected chi connectivity index (χ3v) is 7.56. The second kappa shape index (κ2) is 16.9. The number of benzene rings is 5. The molecule has 0 N–H and O–H groups in total. The third kappa shape index (κ3) is 9.73. The van der Waals surface area contributed by atoms with Crippen molar-refractivity contribution in [2.45, 2.75) is 39.5 Å². The highest BCUT2D eigenvalue weighted by Gasteiger charge is 2.17. The lowest BCUT2D eigenvalue weighted by atomic mass is 10.1. The number of oxime groups is 2. The first-order chi connectivity index (χ1) is 22.6. The maximum absolute atomic E-state index is 6.27. The van der Waals surface area contributed by atoms with Gasteiger partial charge in [0, 0.05) is 43.4 Å². The molecule has 6 nitrogen and oxygen atoms in total. The summed E-state index contributed by atoms with van der Waals surface area (Å²) in [5.41, 5.74) is 7.41. The van der Waals surface area contributed by atoms with Gasteiger partial charge in [-0.15, -0.1) is 0 Å². The Labute approximate surface area is 273 Å². The van der Waals surface area contributed by atoms with Crippen LogP contribution in [0.3, 0.4) is 0 Å². The Balaban J connectivity index is 1.49. The molecule has 0 saturated carbocycles. The second-order valence-corrected chi connectivity index (χ2v) is 11.5. The minimum Gasteiger partial charge on any atom is -0.357 e. The molecule has 5 rings (SSSR count). The van der Waals surface area contributed by atoms with E-state index in [0.29, 0.717) is 24.6 Å². The summed E-state index contributed by atoms with van der Waals surface area (Å²) in [5, 5.41) is 9.01. The van der Waals surface area contributed by atoms with Crippen LogP contribution in [0.25, 0.3) is 0 Å². The second-order valence-electron chi connectivity index (χ2n) is 11.5. The fraction of sp³-hybridized carbons (Fsp3) is 0.200. The highest BCUT2D eigenvalue weighted by Crippen LogP contribution is 2.32. The van der Waals surface area contributed by atoms with Crippen LogP contribution >= 0.6 is 0 Å². The average molecular weight is 611 g/mol. The molecule has 0 fully saturated rings. The Kier molecular flexibility index (Phi) is 11.9. The highest BCUT2D eigenvalue weighted by molar-refractivity contribution is 6.00. The molecule has 0 amide bonds. The largest absolute Gasteiger partial charge is 0.357 e. The summed E-state index contributed by atoms with van der Waals surface area (Å²) in [6, 6.07) is 45.2. The summed E-state index contributed by atoms with van der Waals surface area (Å²) >= 11 is 0. The number of hydrogen-bond donors (Lipinski definition) is 0. The summed E-state index contributed by atoms with van der Waals surface area (Å²) in [5.74, 6) is 1.27. The van der Waals surface area contributed by atoms with Crippen LogP contribution in [0.1, 0.15) is 46.7 Å². The molecule has 0 aliphatic carbocycles. The maximum atomic E-state index is 6.27. The van der Waals surface area contributed by atoms with Gasteiger partial charge in [-0.25, -0.2) is 0 Å². The molecule has 5 aromatic rings. The molecule has 0 radical (unpaired) electrons. The van der Waals surface area contributed by atoms with Crippen LogP contribution in [0.15, 0.2) is 144 Å². The van der Waals surface area contributed by atoms with E-state index in [1.165, 1.54) is 11.1 Å². The van der Waals surface area contributed by atoms with Crippen LogP contribution in [-0.4, -0.2) is 35.8 Å². The molecule has 0 aliphatic rings. The van der Waals surface area contributed by atoms with Crippen LogP contribution in [0.2, 0.25) is 0 Å². The van der Waals surface area contributed by atoms with Crippen molar-refractivity contribution in [1.82, 2.24) is 9.80 Å². The van der Waals surface area contributed by atoms with Crippen molar-refractivity contribution in [3.63, 3.8) is 0 Å². The molecule has 0 saturated heterocycles. The van der Waals surface area contributed by atoms with Gasteiger partial charge in [-0.1, -0.05) is 139 Å². The Morgan fingerprint density at radius 3 is 1.59 bits per heavy atom. The normalized spacial score (nSPS) is 11.8. The van der Waals surface area contributed by atoms with Crippen LogP contribution in [-0.2, 0) is 26.2 Å². The van der Waals surface area contributed by atoms with E-state index in [4.69, 9.17) is 9.68 Å². The van der Waals surface area contributed by atoms with Crippen molar-refractivity contribution in [3.05, 3.63) is 167 Å². The lowest BCUT2D eigenvalue weighted by Gasteiger charge is -2.22. The van der Waals surface area contributed by atoms with E-state index in [1.807, 2.05) is 66.7 Å². The zero-order valence-corrected chi connectivity index (χ0v) is 26.9. The van der Waals surface area contributed by atoms with E-state index in [0.717, 1.165) is 47.5 Å². The predicted molar refractivity (Wildman–Crippen MR) is 188 cm³/mol. The molecule has 0 atom stereocenters. The molecule has 5 aromatic carbocycles. The molecule has 0 aliphatic heterocycles. The lowest BCUT2D eigenvalue weighted by molar-refractivity contribution is 0.284. The van der Waals surface area contributed by atoms with Gasteiger partial charge in [0.05, 0.1) is 11.9 Å². The standard InChI is InChI=1S/C40H42N4O2/c1-4-38(35-23-15-8-16-24-35)42-46-40-26-39(45-41-27-32-17-9-5-10-18-32)36(30-43(2)28-33-19-11-6-12-20-33)25-37(40)31-44(3)29-34-21-13-7-14-22-34/h5-27H,4,28-31H2,1-3H3/b41-27+,42-38+. The van der Waals surface area contributed by atoms with Crippen molar-refractivity contribution < 1.29 is 9.68 Å². The van der Waals surface area contributed by atoms with E-state index < -0.39 is 0 Å². The molecule has 0 heterocycles. The van der Waals surface area contributed by atoms with Gasteiger partial charge in [0.15, 0.2) is 11.5 Å². The van der Waals surface area contributed by atoms with Crippen molar-refractivity contribution in [1.29, 1.82) is 0 Å². The quantitative estimate of drug-likeness (QED) is 0.0880. The molecular formula is C40H42N4O2. The summed E-state index contributed by atoms with van der Waals surface area (Å²) in [7, 11) is 4.24. The molecule has 0 spiro atoms. The van der Waals surface area contributed by atoms with Crippen LogP contribution < -0.4 is 9.68 Å². The van der Waals surface area contributed by atoms with E-state index in [9.17, 15) is 0 Å². The molecule has 46 heavy (non-hydrogen) atoms. The lowest BCUT2D eigenvalue weighted by Crippen LogP contribution is -2.20. The van der Waals surface area contributed by atoms with Gasteiger partial charge in [0.25, 0.3) is 0 Å².